The minimum absolute atomic E-state index is 0.116. The van der Waals surface area contributed by atoms with Crippen LogP contribution in [0.15, 0.2) is 11.6 Å². The Balaban J connectivity index is 1.74. The standard InChI is InChI=1S/C11H13N5O3S/c1-7-13-8(6-20-7)4-10(17)12-2-3-16-5-9(11(18)19)14-15-16/h5-6H,2-4H2,1H3,(H,12,17)(H,18,19). The van der Waals surface area contributed by atoms with Crippen molar-refractivity contribution in [1.82, 2.24) is 25.3 Å². The smallest absolute Gasteiger partial charge is 0.358 e. The van der Waals surface area contributed by atoms with Crippen molar-refractivity contribution in [1.29, 1.82) is 0 Å². The zero-order valence-corrected chi connectivity index (χ0v) is 11.6. The van der Waals surface area contributed by atoms with Gasteiger partial charge in [0.05, 0.1) is 29.9 Å². The minimum Gasteiger partial charge on any atom is -0.476 e. The Bertz CT molecular complexity index is 621. The minimum atomic E-state index is -1.13. The van der Waals surface area contributed by atoms with Crippen LogP contribution < -0.4 is 5.32 Å². The highest BCUT2D eigenvalue weighted by Gasteiger charge is 2.09. The van der Waals surface area contributed by atoms with Crippen LogP contribution in [0.25, 0.3) is 0 Å². The quantitative estimate of drug-likeness (QED) is 0.782. The van der Waals surface area contributed by atoms with Gasteiger partial charge < -0.3 is 10.4 Å². The summed E-state index contributed by atoms with van der Waals surface area (Å²) in [6, 6.07) is 0. The van der Waals surface area contributed by atoms with E-state index in [-0.39, 0.29) is 18.0 Å². The van der Waals surface area contributed by atoms with E-state index in [1.807, 2.05) is 12.3 Å². The zero-order valence-electron chi connectivity index (χ0n) is 10.7. The van der Waals surface area contributed by atoms with Gasteiger partial charge in [0.2, 0.25) is 5.91 Å². The lowest BCUT2D eigenvalue weighted by Gasteiger charge is -2.03. The van der Waals surface area contributed by atoms with Crippen LogP contribution in [0.2, 0.25) is 0 Å². The Labute approximate surface area is 118 Å². The van der Waals surface area contributed by atoms with E-state index < -0.39 is 5.97 Å². The third-order valence-electron chi connectivity index (χ3n) is 2.43. The second-order valence-electron chi connectivity index (χ2n) is 4.06. The van der Waals surface area contributed by atoms with Gasteiger partial charge in [-0.2, -0.15) is 0 Å². The highest BCUT2D eigenvalue weighted by atomic mass is 32.1. The van der Waals surface area contributed by atoms with Crippen LogP contribution in [-0.4, -0.2) is 43.5 Å². The number of aromatic nitrogens is 4. The molecule has 2 aromatic heterocycles. The second-order valence-corrected chi connectivity index (χ2v) is 5.12. The van der Waals surface area contributed by atoms with Gasteiger partial charge in [0.25, 0.3) is 0 Å². The molecule has 2 heterocycles. The van der Waals surface area contributed by atoms with Gasteiger partial charge in [-0.05, 0) is 6.92 Å². The van der Waals surface area contributed by atoms with Crippen molar-refractivity contribution in [2.75, 3.05) is 6.54 Å². The number of nitrogens with zero attached hydrogens (tertiary/aromatic N) is 4. The van der Waals surface area contributed by atoms with Crippen LogP contribution in [0.4, 0.5) is 0 Å². The van der Waals surface area contributed by atoms with Crippen molar-refractivity contribution < 1.29 is 14.7 Å². The number of hydrogen-bond acceptors (Lipinski definition) is 6. The van der Waals surface area contributed by atoms with Gasteiger partial charge in [0, 0.05) is 11.9 Å². The maximum Gasteiger partial charge on any atom is 0.358 e. The highest BCUT2D eigenvalue weighted by molar-refractivity contribution is 7.09. The molecule has 0 aliphatic carbocycles. The average Bonchev–Trinajstić information content (AvgIpc) is 2.99. The Morgan fingerprint density at radius 3 is 2.90 bits per heavy atom. The number of amides is 1. The molecule has 0 atom stereocenters. The van der Waals surface area contributed by atoms with Gasteiger partial charge in [-0.25, -0.2) is 14.5 Å². The summed E-state index contributed by atoms with van der Waals surface area (Å²) in [4.78, 5) is 26.5. The number of carboxylic acid groups (broad SMARTS) is 1. The molecular formula is C11H13N5O3S. The molecule has 0 aromatic carbocycles. The van der Waals surface area contributed by atoms with Gasteiger partial charge >= 0.3 is 5.97 Å². The van der Waals surface area contributed by atoms with Crippen molar-refractivity contribution in [2.24, 2.45) is 0 Å². The molecule has 8 nitrogen and oxygen atoms in total. The largest absolute Gasteiger partial charge is 0.476 e. The molecule has 0 fully saturated rings. The van der Waals surface area contributed by atoms with Crippen molar-refractivity contribution in [3.05, 3.63) is 28.0 Å². The summed E-state index contributed by atoms with van der Waals surface area (Å²) in [6.07, 6.45) is 1.56. The number of carbonyl (C=O) groups excluding carboxylic acids is 1. The van der Waals surface area contributed by atoms with E-state index in [1.54, 1.807) is 0 Å². The van der Waals surface area contributed by atoms with Crippen LogP contribution in [0.1, 0.15) is 21.2 Å². The first kappa shape index (κ1) is 14.1. The van der Waals surface area contributed by atoms with Gasteiger partial charge in [-0.15, -0.1) is 16.4 Å². The monoisotopic (exact) mass is 295 g/mol. The van der Waals surface area contributed by atoms with E-state index >= 15 is 0 Å². The zero-order chi connectivity index (χ0) is 14.5. The molecule has 0 aliphatic heterocycles. The lowest BCUT2D eigenvalue weighted by Crippen LogP contribution is -2.28. The lowest BCUT2D eigenvalue weighted by atomic mass is 10.3. The molecule has 2 rings (SSSR count). The SMILES string of the molecule is Cc1nc(CC(=O)NCCn2cc(C(=O)O)nn2)cs1. The first-order valence-electron chi connectivity index (χ1n) is 5.85. The molecule has 0 bridgehead atoms. The Morgan fingerprint density at radius 1 is 1.50 bits per heavy atom. The van der Waals surface area contributed by atoms with Gasteiger partial charge in [-0.1, -0.05) is 5.21 Å². The molecule has 106 valence electrons. The van der Waals surface area contributed by atoms with Gasteiger partial charge in [0.15, 0.2) is 5.69 Å². The van der Waals surface area contributed by atoms with E-state index in [0.29, 0.717) is 13.1 Å². The average molecular weight is 295 g/mol. The van der Waals surface area contributed by atoms with Crippen LogP contribution in [0.5, 0.6) is 0 Å². The molecule has 0 unspecified atom stereocenters. The molecular weight excluding hydrogens is 282 g/mol. The summed E-state index contributed by atoms with van der Waals surface area (Å²) in [5.41, 5.74) is 0.633. The highest BCUT2D eigenvalue weighted by Crippen LogP contribution is 2.08. The molecule has 0 spiro atoms. The fourth-order valence-corrected chi connectivity index (χ4v) is 2.14. The maximum atomic E-state index is 11.6. The summed E-state index contributed by atoms with van der Waals surface area (Å²) in [5.74, 6) is -1.26. The Hall–Kier alpha value is -2.29. The van der Waals surface area contributed by atoms with Gasteiger partial charge in [0.1, 0.15) is 0 Å². The number of thiazole rings is 1. The molecule has 9 heteroatoms. The molecule has 2 N–H and O–H groups in total. The van der Waals surface area contributed by atoms with E-state index in [4.69, 9.17) is 5.11 Å². The van der Waals surface area contributed by atoms with Crippen LogP contribution in [0.3, 0.4) is 0 Å². The topological polar surface area (TPSA) is 110 Å². The van der Waals surface area contributed by atoms with Crippen molar-refractivity contribution in [3.8, 4) is 0 Å². The number of aryl methyl sites for hydroxylation is 1. The third-order valence-corrected chi connectivity index (χ3v) is 3.25. The molecule has 0 saturated carbocycles. The molecule has 20 heavy (non-hydrogen) atoms. The predicted molar refractivity (Wildman–Crippen MR) is 70.5 cm³/mol. The van der Waals surface area contributed by atoms with E-state index in [2.05, 4.69) is 20.6 Å². The molecule has 1 amide bonds. The predicted octanol–water partition coefficient (Wildman–Crippen LogP) is 0.100. The second kappa shape index (κ2) is 6.24. The first-order valence-corrected chi connectivity index (χ1v) is 6.73. The Morgan fingerprint density at radius 2 is 2.30 bits per heavy atom. The number of carbonyl (C=O) groups is 2. The van der Waals surface area contributed by atoms with Crippen LogP contribution in [-0.2, 0) is 17.8 Å². The third kappa shape index (κ3) is 3.85. The summed E-state index contributed by atoms with van der Waals surface area (Å²) >= 11 is 1.50. The maximum absolute atomic E-state index is 11.6. The molecule has 0 saturated heterocycles. The van der Waals surface area contributed by atoms with E-state index in [0.717, 1.165) is 10.7 Å². The number of hydrogen-bond donors (Lipinski definition) is 2. The van der Waals surface area contributed by atoms with Gasteiger partial charge in [-0.3, -0.25) is 4.79 Å². The van der Waals surface area contributed by atoms with Crippen molar-refractivity contribution in [2.45, 2.75) is 19.9 Å². The fraction of sp³-hybridized carbons (Fsp3) is 0.364. The van der Waals surface area contributed by atoms with Crippen LogP contribution >= 0.6 is 11.3 Å². The molecule has 0 aliphatic rings. The number of nitrogens with one attached hydrogen (secondary N) is 1. The summed E-state index contributed by atoms with van der Waals surface area (Å²) < 4.78 is 1.37. The van der Waals surface area contributed by atoms with Crippen molar-refractivity contribution in [3.63, 3.8) is 0 Å². The molecule has 0 radical (unpaired) electrons. The number of aromatic carboxylic acids is 1. The Kier molecular flexibility index (Phi) is 4.41. The molecule has 2 aromatic rings. The summed E-state index contributed by atoms with van der Waals surface area (Å²) in [7, 11) is 0. The lowest BCUT2D eigenvalue weighted by molar-refractivity contribution is -0.120. The summed E-state index contributed by atoms with van der Waals surface area (Å²) in [6.45, 7) is 2.60. The van der Waals surface area contributed by atoms with Crippen molar-refractivity contribution >= 4 is 23.2 Å². The normalized spacial score (nSPS) is 10.4. The summed E-state index contributed by atoms with van der Waals surface area (Å²) in [5, 5.41) is 21.3. The number of carboxylic acids is 1. The number of rotatable bonds is 6. The fourth-order valence-electron chi connectivity index (χ4n) is 1.53. The first-order chi connectivity index (χ1) is 9.54. The van der Waals surface area contributed by atoms with E-state index in [1.165, 1.54) is 22.2 Å². The van der Waals surface area contributed by atoms with E-state index in [9.17, 15) is 9.59 Å². The van der Waals surface area contributed by atoms with Crippen LogP contribution in [0, 0.1) is 6.92 Å².